The molecular formula is C9H13N3O3S. The van der Waals surface area contributed by atoms with Crippen molar-refractivity contribution < 1.29 is 12.6 Å². The van der Waals surface area contributed by atoms with Crippen LogP contribution in [0.1, 0.15) is 5.56 Å². The molecule has 88 valence electrons. The van der Waals surface area contributed by atoms with Crippen molar-refractivity contribution in [3.63, 3.8) is 0 Å². The number of nitrogens with zero attached hydrogens (tertiary/aromatic N) is 2. The Balaban J connectivity index is 2.67. The molecule has 0 saturated carbocycles. The van der Waals surface area contributed by atoms with E-state index in [4.69, 9.17) is 10.0 Å². The third-order valence-corrected chi connectivity index (χ3v) is 3.15. The van der Waals surface area contributed by atoms with E-state index in [-0.39, 0.29) is 18.0 Å². The lowest BCUT2D eigenvalue weighted by Crippen LogP contribution is -2.09. The van der Waals surface area contributed by atoms with Gasteiger partial charge in [0.15, 0.2) is 0 Å². The van der Waals surface area contributed by atoms with Gasteiger partial charge in [-0.2, -0.15) is 13.5 Å². The average molecular weight is 243 g/mol. The highest BCUT2D eigenvalue weighted by Crippen LogP contribution is 2.12. The van der Waals surface area contributed by atoms with E-state index in [0.29, 0.717) is 0 Å². The molecule has 6 nitrogen and oxygen atoms in total. The fourth-order valence-corrected chi connectivity index (χ4v) is 1.92. The molecule has 0 atom stereocenters. The summed E-state index contributed by atoms with van der Waals surface area (Å²) in [6, 6.07) is 6.40. The molecule has 0 aromatic heterocycles. The molecule has 0 aliphatic heterocycles. The van der Waals surface area contributed by atoms with Crippen LogP contribution < -0.4 is 5.84 Å². The maximum atomic E-state index is 11.6. The van der Waals surface area contributed by atoms with E-state index < -0.39 is 10.1 Å². The number of hydrogen-bond donors (Lipinski definition) is 1. The van der Waals surface area contributed by atoms with Crippen molar-refractivity contribution >= 4 is 10.1 Å². The second-order valence-corrected chi connectivity index (χ2v) is 4.69. The van der Waals surface area contributed by atoms with Crippen LogP contribution in [0.4, 0.5) is 0 Å². The minimum absolute atomic E-state index is 0.0725. The minimum atomic E-state index is -3.70. The number of hydrogen-bond acceptors (Lipinski definition) is 5. The highest BCUT2D eigenvalue weighted by Gasteiger charge is 2.13. The Kier molecular flexibility index (Phi) is 4.39. The normalized spacial score (nSPS) is 12.1. The van der Waals surface area contributed by atoms with Crippen molar-refractivity contribution in [2.24, 2.45) is 16.2 Å². The zero-order valence-electron chi connectivity index (χ0n) is 8.83. The predicted molar refractivity (Wildman–Crippen MR) is 58.2 cm³/mol. The first-order valence-electron chi connectivity index (χ1n) is 4.59. The highest BCUT2D eigenvalue weighted by atomic mass is 32.2. The molecule has 0 amide bonds. The van der Waals surface area contributed by atoms with Crippen LogP contribution >= 0.6 is 0 Å². The average Bonchev–Trinajstić information content (AvgIpc) is 2.25. The fourth-order valence-electron chi connectivity index (χ4n) is 1.02. The Hall–Kier alpha value is -1.47. The lowest BCUT2D eigenvalue weighted by molar-refractivity contribution is 0.325. The number of nitrogens with two attached hydrogens (primary N) is 1. The van der Waals surface area contributed by atoms with E-state index in [2.05, 4.69) is 10.3 Å². The van der Waals surface area contributed by atoms with Gasteiger partial charge in [-0.3, -0.25) is 4.18 Å². The molecule has 2 N–H and O–H groups in total. The van der Waals surface area contributed by atoms with Gasteiger partial charge in [-0.25, -0.2) is 0 Å². The van der Waals surface area contributed by atoms with E-state index in [1.165, 1.54) is 12.1 Å². The molecule has 0 radical (unpaired) electrons. The summed E-state index contributed by atoms with van der Waals surface area (Å²) in [6.07, 6.45) is 0. The van der Waals surface area contributed by atoms with E-state index in [1.807, 2.05) is 6.92 Å². The van der Waals surface area contributed by atoms with Gasteiger partial charge in [0.05, 0.1) is 18.0 Å². The van der Waals surface area contributed by atoms with Crippen LogP contribution in [0.2, 0.25) is 0 Å². The topological polar surface area (TPSA) is 94.1 Å². The third kappa shape index (κ3) is 3.59. The summed E-state index contributed by atoms with van der Waals surface area (Å²) in [7, 11) is -3.70. The van der Waals surface area contributed by atoms with Gasteiger partial charge in [0, 0.05) is 0 Å². The van der Waals surface area contributed by atoms with Crippen molar-refractivity contribution in [2.75, 3.05) is 13.2 Å². The largest absolute Gasteiger partial charge is 0.305 e. The van der Waals surface area contributed by atoms with E-state index >= 15 is 0 Å². The van der Waals surface area contributed by atoms with Crippen molar-refractivity contribution in [3.8, 4) is 0 Å². The molecule has 0 aliphatic rings. The molecule has 0 saturated heterocycles. The molecule has 7 heteroatoms. The summed E-state index contributed by atoms with van der Waals surface area (Å²) in [5, 5.41) is 6.39. The smallest absolute Gasteiger partial charge is 0.297 e. The third-order valence-electron chi connectivity index (χ3n) is 1.82. The van der Waals surface area contributed by atoms with Gasteiger partial charge in [0.2, 0.25) is 0 Å². The van der Waals surface area contributed by atoms with Gasteiger partial charge in [-0.15, -0.1) is 0 Å². The van der Waals surface area contributed by atoms with Crippen molar-refractivity contribution in [2.45, 2.75) is 11.8 Å². The van der Waals surface area contributed by atoms with Crippen molar-refractivity contribution in [1.29, 1.82) is 0 Å². The molecule has 1 aromatic carbocycles. The number of aryl methyl sites for hydroxylation is 1. The predicted octanol–water partition coefficient (Wildman–Crippen LogP) is 1.03. The zero-order valence-corrected chi connectivity index (χ0v) is 9.64. The molecule has 16 heavy (non-hydrogen) atoms. The summed E-state index contributed by atoms with van der Waals surface area (Å²) in [6.45, 7) is 1.91. The Bertz CT molecular complexity index is 453. The second kappa shape index (κ2) is 5.57. The molecule has 0 heterocycles. The lowest BCUT2D eigenvalue weighted by atomic mass is 10.2. The van der Waals surface area contributed by atoms with Gasteiger partial charge < -0.3 is 5.84 Å². The maximum Gasteiger partial charge on any atom is 0.297 e. The summed E-state index contributed by atoms with van der Waals surface area (Å²) < 4.78 is 27.9. The van der Waals surface area contributed by atoms with Gasteiger partial charge in [-0.05, 0) is 19.1 Å². The second-order valence-electron chi connectivity index (χ2n) is 3.07. The Morgan fingerprint density at radius 1 is 1.31 bits per heavy atom. The van der Waals surface area contributed by atoms with Crippen LogP contribution in [0.3, 0.4) is 0 Å². The monoisotopic (exact) mass is 243 g/mol. The first kappa shape index (κ1) is 12.6. The maximum absolute atomic E-state index is 11.6. The SMILES string of the molecule is Cc1ccc(S(=O)(=O)OCCN=NN)cc1. The standard InChI is InChI=1S/C9H13N3O3S/c1-8-2-4-9(5-3-8)16(13,14)15-7-6-11-12-10/h2-5H,6-7H2,1H3,(H2,10,11). The quantitative estimate of drug-likeness (QED) is 0.275. The fraction of sp³-hybridized carbons (Fsp3) is 0.333. The Morgan fingerprint density at radius 3 is 2.50 bits per heavy atom. The minimum Gasteiger partial charge on any atom is -0.305 e. The van der Waals surface area contributed by atoms with Crippen molar-refractivity contribution in [1.82, 2.24) is 0 Å². The van der Waals surface area contributed by atoms with Crippen molar-refractivity contribution in [3.05, 3.63) is 29.8 Å². The van der Waals surface area contributed by atoms with Gasteiger partial charge in [-0.1, -0.05) is 22.9 Å². The van der Waals surface area contributed by atoms with Crippen LogP contribution in [0.25, 0.3) is 0 Å². The van der Waals surface area contributed by atoms with Crippen LogP contribution in [-0.4, -0.2) is 21.6 Å². The van der Waals surface area contributed by atoms with E-state index in [1.54, 1.807) is 12.1 Å². The molecule has 0 unspecified atom stereocenters. The first-order valence-corrected chi connectivity index (χ1v) is 6.00. The molecular weight excluding hydrogens is 230 g/mol. The van der Waals surface area contributed by atoms with Crippen LogP contribution in [0.5, 0.6) is 0 Å². The first-order chi connectivity index (χ1) is 7.56. The molecule has 1 rings (SSSR count). The Morgan fingerprint density at radius 2 is 1.94 bits per heavy atom. The molecule has 0 fully saturated rings. The Labute approximate surface area is 94.2 Å². The number of rotatable bonds is 5. The zero-order chi connectivity index (χ0) is 12.0. The van der Waals surface area contributed by atoms with E-state index in [9.17, 15) is 8.42 Å². The molecule has 0 aliphatic carbocycles. The molecule has 0 bridgehead atoms. The summed E-state index contributed by atoms with van der Waals surface area (Å²) in [4.78, 5) is 0.128. The molecule has 1 aromatic rings. The van der Waals surface area contributed by atoms with E-state index in [0.717, 1.165) is 5.56 Å². The number of benzene rings is 1. The van der Waals surface area contributed by atoms with Gasteiger partial charge in [0.1, 0.15) is 0 Å². The lowest BCUT2D eigenvalue weighted by Gasteiger charge is -2.03. The van der Waals surface area contributed by atoms with Gasteiger partial charge >= 0.3 is 0 Å². The summed E-state index contributed by atoms with van der Waals surface area (Å²) in [5.41, 5.74) is 0.982. The summed E-state index contributed by atoms with van der Waals surface area (Å²) in [5.74, 6) is 4.76. The molecule has 0 spiro atoms. The van der Waals surface area contributed by atoms with Crippen LogP contribution in [0.15, 0.2) is 39.5 Å². The highest BCUT2D eigenvalue weighted by molar-refractivity contribution is 7.86. The van der Waals surface area contributed by atoms with Gasteiger partial charge in [0.25, 0.3) is 10.1 Å². The van der Waals surface area contributed by atoms with Crippen LogP contribution in [-0.2, 0) is 14.3 Å². The van der Waals surface area contributed by atoms with Crippen LogP contribution in [0, 0.1) is 6.92 Å². The summed E-state index contributed by atoms with van der Waals surface area (Å²) >= 11 is 0.